The molecule has 2 aromatic rings. The van der Waals surface area contributed by atoms with Crippen LogP contribution in [0.2, 0.25) is 0 Å². The number of aryl methyl sites for hydroxylation is 2. The van der Waals surface area contributed by atoms with Crippen molar-refractivity contribution in [1.29, 1.82) is 0 Å². The van der Waals surface area contributed by atoms with E-state index in [0.717, 1.165) is 24.1 Å². The smallest absolute Gasteiger partial charge is 0.229 e. The van der Waals surface area contributed by atoms with E-state index in [4.69, 9.17) is 0 Å². The van der Waals surface area contributed by atoms with Crippen LogP contribution in [0.15, 0.2) is 52.4 Å². The predicted molar refractivity (Wildman–Crippen MR) is 116 cm³/mol. The van der Waals surface area contributed by atoms with Gasteiger partial charge in [0.15, 0.2) is 0 Å². The lowest BCUT2D eigenvalue weighted by molar-refractivity contribution is -0.119. The number of carbonyl (C=O) groups is 1. The first-order valence-corrected chi connectivity index (χ1v) is 9.87. The number of amidine groups is 1. The Kier molecular flexibility index (Phi) is 6.52. The van der Waals surface area contributed by atoms with Gasteiger partial charge in [-0.3, -0.25) is 14.8 Å². The molecule has 5 heteroatoms. The lowest BCUT2D eigenvalue weighted by atomic mass is 10.0. The van der Waals surface area contributed by atoms with Gasteiger partial charge in [-0.1, -0.05) is 48.0 Å². The Morgan fingerprint density at radius 3 is 2.63 bits per heavy atom. The van der Waals surface area contributed by atoms with Gasteiger partial charge < -0.3 is 5.32 Å². The second-order valence-electron chi connectivity index (χ2n) is 6.97. The number of fused-ring (bicyclic) bond motifs is 1. The van der Waals surface area contributed by atoms with Crippen molar-refractivity contribution in [3.05, 3.63) is 64.7 Å². The van der Waals surface area contributed by atoms with Crippen molar-refractivity contribution < 1.29 is 4.79 Å². The van der Waals surface area contributed by atoms with E-state index >= 15 is 0 Å². The van der Waals surface area contributed by atoms with Gasteiger partial charge in [0.25, 0.3) is 0 Å². The first kappa shape index (κ1) is 19.4. The maximum Gasteiger partial charge on any atom is 0.229 e. The molecule has 0 bridgehead atoms. The van der Waals surface area contributed by atoms with Crippen LogP contribution in [-0.4, -0.2) is 24.0 Å². The van der Waals surface area contributed by atoms with Crippen molar-refractivity contribution in [2.24, 2.45) is 9.98 Å². The highest BCUT2D eigenvalue weighted by molar-refractivity contribution is 7.27. The molecule has 1 heterocycles. The molecular formula is C22H26N3OP. The highest BCUT2D eigenvalue weighted by Crippen LogP contribution is 2.14. The molecule has 27 heavy (non-hydrogen) atoms. The summed E-state index contributed by atoms with van der Waals surface area (Å²) in [6.07, 6.45) is 2.26. The first-order valence-electron chi connectivity index (χ1n) is 9.30. The lowest BCUT2D eigenvalue weighted by Gasteiger charge is -2.14. The number of nitrogens with zero attached hydrogens (tertiary/aromatic N) is 2. The van der Waals surface area contributed by atoms with Crippen LogP contribution in [0, 0.1) is 6.92 Å². The van der Waals surface area contributed by atoms with E-state index in [0.29, 0.717) is 25.3 Å². The van der Waals surface area contributed by atoms with Gasteiger partial charge in [0.1, 0.15) is 5.84 Å². The standard InChI is InChI=1S/C22H26N3OP/c1-15-5-7-17(8-6-15)12-21(26)25-22-16(2)24-14-19-9-10-20(27)13-18(19)4-3-11-23-22/h5-10,13H,3-4,11-12,14,27H2,1-2H3,(H,23,25,26). The fourth-order valence-electron chi connectivity index (χ4n) is 3.08. The summed E-state index contributed by atoms with van der Waals surface area (Å²) in [6.45, 7) is 5.24. The molecule has 0 aliphatic carbocycles. The molecule has 3 rings (SSSR count). The second kappa shape index (κ2) is 9.05. The van der Waals surface area contributed by atoms with Gasteiger partial charge in [0, 0.05) is 6.54 Å². The minimum absolute atomic E-state index is 0.0581. The average molecular weight is 379 g/mol. The van der Waals surface area contributed by atoms with E-state index in [1.807, 2.05) is 38.1 Å². The maximum atomic E-state index is 12.4. The molecule has 1 aliphatic heterocycles. The molecule has 1 amide bonds. The van der Waals surface area contributed by atoms with E-state index in [1.165, 1.54) is 22.0 Å². The Hall–Kier alpha value is -2.32. The van der Waals surface area contributed by atoms with Gasteiger partial charge in [-0.05, 0) is 48.7 Å². The number of benzene rings is 2. The second-order valence-corrected chi connectivity index (χ2v) is 7.64. The Labute approximate surface area is 163 Å². The van der Waals surface area contributed by atoms with Crippen LogP contribution in [0.25, 0.3) is 0 Å². The predicted octanol–water partition coefficient (Wildman–Crippen LogP) is 3.16. The van der Waals surface area contributed by atoms with Crippen LogP contribution in [0.5, 0.6) is 0 Å². The molecule has 1 aliphatic rings. The number of nitrogens with one attached hydrogen (secondary N) is 1. The molecule has 4 nitrogen and oxygen atoms in total. The Balaban J connectivity index is 1.71. The fraction of sp³-hybridized carbons (Fsp3) is 0.318. The minimum atomic E-state index is -0.0581. The van der Waals surface area contributed by atoms with Gasteiger partial charge in [0.2, 0.25) is 5.91 Å². The van der Waals surface area contributed by atoms with E-state index < -0.39 is 0 Å². The molecule has 1 N–H and O–H groups in total. The molecule has 0 fully saturated rings. The van der Waals surface area contributed by atoms with Gasteiger partial charge in [-0.15, -0.1) is 9.24 Å². The van der Waals surface area contributed by atoms with Gasteiger partial charge in [-0.25, -0.2) is 0 Å². The van der Waals surface area contributed by atoms with Crippen molar-refractivity contribution in [3.8, 4) is 0 Å². The van der Waals surface area contributed by atoms with Crippen LogP contribution in [-0.2, 0) is 24.2 Å². The van der Waals surface area contributed by atoms with Crippen molar-refractivity contribution in [1.82, 2.24) is 5.32 Å². The monoisotopic (exact) mass is 379 g/mol. The van der Waals surface area contributed by atoms with Crippen molar-refractivity contribution in [2.45, 2.75) is 39.7 Å². The first-order chi connectivity index (χ1) is 13.0. The molecule has 0 saturated heterocycles. The topological polar surface area (TPSA) is 53.8 Å². The van der Waals surface area contributed by atoms with Crippen LogP contribution in [0.4, 0.5) is 0 Å². The molecule has 0 spiro atoms. The third kappa shape index (κ3) is 5.58. The Bertz CT molecular complexity index is 885. The van der Waals surface area contributed by atoms with E-state index in [2.05, 4.69) is 42.7 Å². The summed E-state index contributed by atoms with van der Waals surface area (Å²) in [5, 5.41) is 4.15. The highest BCUT2D eigenvalue weighted by Gasteiger charge is 2.12. The number of hydrogen-bond acceptors (Lipinski definition) is 3. The van der Waals surface area contributed by atoms with E-state index in [9.17, 15) is 4.79 Å². The van der Waals surface area contributed by atoms with Crippen molar-refractivity contribution in [2.75, 3.05) is 6.54 Å². The van der Waals surface area contributed by atoms with Gasteiger partial charge >= 0.3 is 0 Å². The normalized spacial score (nSPS) is 14.6. The summed E-state index contributed by atoms with van der Waals surface area (Å²) in [6, 6.07) is 14.5. The summed E-state index contributed by atoms with van der Waals surface area (Å²) < 4.78 is 0. The molecule has 1 unspecified atom stereocenters. The minimum Gasteiger partial charge on any atom is -0.309 e. The summed E-state index contributed by atoms with van der Waals surface area (Å²) in [7, 11) is 2.75. The molecule has 140 valence electrons. The van der Waals surface area contributed by atoms with Crippen LogP contribution >= 0.6 is 9.24 Å². The van der Waals surface area contributed by atoms with Crippen molar-refractivity contribution >= 4 is 32.0 Å². The zero-order valence-corrected chi connectivity index (χ0v) is 17.1. The molecule has 0 aromatic heterocycles. The molecule has 2 aromatic carbocycles. The van der Waals surface area contributed by atoms with E-state index in [1.54, 1.807) is 0 Å². The summed E-state index contributed by atoms with van der Waals surface area (Å²) >= 11 is 0. The zero-order valence-electron chi connectivity index (χ0n) is 16.0. The van der Waals surface area contributed by atoms with E-state index in [-0.39, 0.29) is 5.91 Å². The average Bonchev–Trinajstić information content (AvgIpc) is 2.64. The fourth-order valence-corrected chi connectivity index (χ4v) is 3.38. The Morgan fingerprint density at radius 2 is 1.85 bits per heavy atom. The van der Waals surface area contributed by atoms with Crippen LogP contribution in [0.3, 0.4) is 0 Å². The molecule has 0 saturated carbocycles. The largest absolute Gasteiger partial charge is 0.309 e. The molecule has 0 radical (unpaired) electrons. The summed E-state index contributed by atoms with van der Waals surface area (Å²) in [4.78, 5) is 21.7. The summed E-state index contributed by atoms with van der Waals surface area (Å²) in [5.74, 6) is 0.537. The molecule has 1 atom stereocenters. The quantitative estimate of drug-likeness (QED) is 0.801. The van der Waals surface area contributed by atoms with Gasteiger partial charge in [0.05, 0.1) is 18.7 Å². The third-order valence-electron chi connectivity index (χ3n) is 4.68. The van der Waals surface area contributed by atoms with Gasteiger partial charge in [-0.2, -0.15) is 0 Å². The zero-order chi connectivity index (χ0) is 19.2. The highest BCUT2D eigenvalue weighted by atomic mass is 31.0. The number of rotatable bonds is 2. The van der Waals surface area contributed by atoms with Crippen LogP contribution < -0.4 is 10.6 Å². The lowest BCUT2D eigenvalue weighted by Crippen LogP contribution is -2.36. The third-order valence-corrected chi connectivity index (χ3v) is 5.04. The number of amides is 1. The van der Waals surface area contributed by atoms with Crippen molar-refractivity contribution in [3.63, 3.8) is 0 Å². The molecular weight excluding hydrogens is 353 g/mol. The Morgan fingerprint density at radius 1 is 1.07 bits per heavy atom. The summed E-state index contributed by atoms with van der Waals surface area (Å²) in [5.41, 5.74) is 5.53. The number of hydrogen-bond donors (Lipinski definition) is 1. The number of aliphatic imine (C=N–C) groups is 2. The maximum absolute atomic E-state index is 12.4. The SMILES string of the molecule is CC1=NCc2ccc(P)cc2CCCN=C1NC(=O)Cc1ccc(C)cc1. The van der Waals surface area contributed by atoms with Crippen LogP contribution in [0.1, 0.15) is 35.6 Å². The number of carbonyl (C=O) groups excluding carboxylic acids is 1.